The molecule has 3 rings (SSSR count). The Kier molecular flexibility index (Phi) is 6.49. The highest BCUT2D eigenvalue weighted by Gasteiger charge is 2.13. The third kappa shape index (κ3) is 5.59. The lowest BCUT2D eigenvalue weighted by atomic mass is 10.1. The van der Waals surface area contributed by atoms with Crippen LogP contribution in [0.25, 0.3) is 0 Å². The predicted octanol–water partition coefficient (Wildman–Crippen LogP) is 2.65. The van der Waals surface area contributed by atoms with Crippen molar-refractivity contribution in [1.82, 2.24) is 4.90 Å². The average molecular weight is 372 g/mol. The quantitative estimate of drug-likeness (QED) is 0.805. The zero-order valence-electron chi connectivity index (χ0n) is 15.4. The first-order chi connectivity index (χ1) is 13.1. The van der Waals surface area contributed by atoms with Gasteiger partial charge < -0.3 is 19.2 Å². The van der Waals surface area contributed by atoms with Gasteiger partial charge in [0.05, 0.1) is 13.7 Å². The molecule has 1 aromatic heterocycles. The van der Waals surface area contributed by atoms with Crippen molar-refractivity contribution in [2.45, 2.75) is 25.8 Å². The lowest BCUT2D eigenvalue weighted by molar-refractivity contribution is -0.118. The summed E-state index contributed by atoms with van der Waals surface area (Å²) in [6, 6.07) is 8.37. The van der Waals surface area contributed by atoms with Gasteiger partial charge in [0.2, 0.25) is 11.2 Å². The molecule has 1 aliphatic heterocycles. The maximum absolute atomic E-state index is 12.2. The molecule has 1 aromatic carbocycles. The number of nitrogens with zero attached hydrogens (tertiary/aromatic N) is 1. The van der Waals surface area contributed by atoms with Crippen LogP contribution in [0.15, 0.2) is 45.8 Å². The number of anilines is 1. The highest BCUT2D eigenvalue weighted by molar-refractivity contribution is 5.91. The number of amides is 1. The number of ether oxygens (including phenoxy) is 2. The summed E-state index contributed by atoms with van der Waals surface area (Å²) in [5, 5.41) is 2.69. The fraction of sp³-hybridized carbons (Fsp3) is 0.400. The van der Waals surface area contributed by atoms with E-state index in [-0.39, 0.29) is 23.7 Å². The van der Waals surface area contributed by atoms with Gasteiger partial charge in [-0.1, -0.05) is 6.42 Å². The third-order valence-corrected chi connectivity index (χ3v) is 4.41. The monoisotopic (exact) mass is 372 g/mol. The van der Waals surface area contributed by atoms with E-state index in [1.54, 1.807) is 31.4 Å². The predicted molar refractivity (Wildman–Crippen MR) is 101 cm³/mol. The minimum Gasteiger partial charge on any atom is -0.497 e. The summed E-state index contributed by atoms with van der Waals surface area (Å²) in [5.74, 6) is 0.975. The molecule has 1 saturated heterocycles. The minimum absolute atomic E-state index is 0.0299. The number of rotatable bonds is 7. The molecular formula is C20H24N2O5. The van der Waals surface area contributed by atoms with E-state index in [2.05, 4.69) is 10.2 Å². The molecule has 0 aliphatic carbocycles. The largest absolute Gasteiger partial charge is 0.497 e. The summed E-state index contributed by atoms with van der Waals surface area (Å²) in [5.41, 5.74) is 0.332. The second kappa shape index (κ2) is 9.23. The second-order valence-corrected chi connectivity index (χ2v) is 6.48. The van der Waals surface area contributed by atoms with Gasteiger partial charge >= 0.3 is 0 Å². The number of methoxy groups -OCH3 is 1. The smallest absolute Gasteiger partial charge is 0.262 e. The molecule has 0 unspecified atom stereocenters. The number of likely N-dealkylation sites (tertiary alicyclic amines) is 1. The zero-order chi connectivity index (χ0) is 19.1. The van der Waals surface area contributed by atoms with Gasteiger partial charge in [0.1, 0.15) is 17.8 Å². The molecule has 2 heterocycles. The van der Waals surface area contributed by atoms with Gasteiger partial charge in [-0.15, -0.1) is 0 Å². The van der Waals surface area contributed by atoms with E-state index in [0.717, 1.165) is 13.1 Å². The molecule has 1 aliphatic rings. The molecule has 7 nitrogen and oxygen atoms in total. The number of carbonyl (C=O) groups is 1. The van der Waals surface area contributed by atoms with Crippen LogP contribution in [0.1, 0.15) is 25.0 Å². The van der Waals surface area contributed by atoms with Gasteiger partial charge in [0.25, 0.3) is 5.91 Å². The van der Waals surface area contributed by atoms with E-state index in [9.17, 15) is 9.59 Å². The first-order valence-electron chi connectivity index (χ1n) is 9.05. The summed E-state index contributed by atoms with van der Waals surface area (Å²) in [6.45, 7) is 2.39. The number of hydrogen-bond donors (Lipinski definition) is 1. The van der Waals surface area contributed by atoms with E-state index in [0.29, 0.717) is 23.7 Å². The molecule has 0 spiro atoms. The van der Waals surface area contributed by atoms with E-state index in [1.807, 2.05) is 0 Å². The number of nitrogens with one attached hydrogen (secondary N) is 1. The fourth-order valence-corrected chi connectivity index (χ4v) is 2.98. The van der Waals surface area contributed by atoms with Crippen LogP contribution in [0.2, 0.25) is 0 Å². The molecule has 0 atom stereocenters. The Bertz CT molecular complexity index is 810. The second-order valence-electron chi connectivity index (χ2n) is 6.48. The van der Waals surface area contributed by atoms with Crippen LogP contribution in [0.5, 0.6) is 11.5 Å². The summed E-state index contributed by atoms with van der Waals surface area (Å²) < 4.78 is 15.9. The maximum atomic E-state index is 12.2. The van der Waals surface area contributed by atoms with Crippen molar-refractivity contribution in [1.29, 1.82) is 0 Å². The van der Waals surface area contributed by atoms with Gasteiger partial charge in [0.15, 0.2) is 6.61 Å². The van der Waals surface area contributed by atoms with Crippen molar-refractivity contribution in [3.63, 3.8) is 0 Å². The SMILES string of the molecule is COc1ccc(NC(=O)COc2coc(CN3CCCCC3)cc2=O)cc1. The Labute approximate surface area is 157 Å². The van der Waals surface area contributed by atoms with Gasteiger partial charge in [-0.25, -0.2) is 0 Å². The number of benzene rings is 1. The Balaban J connectivity index is 1.50. The van der Waals surface area contributed by atoms with E-state index in [4.69, 9.17) is 13.9 Å². The van der Waals surface area contributed by atoms with Crippen LogP contribution in [0, 0.1) is 0 Å². The van der Waals surface area contributed by atoms with Crippen molar-refractivity contribution >= 4 is 11.6 Å². The fourth-order valence-electron chi connectivity index (χ4n) is 2.98. The molecule has 0 radical (unpaired) electrons. The number of carbonyl (C=O) groups excluding carboxylic acids is 1. The molecule has 1 amide bonds. The normalized spacial score (nSPS) is 14.6. The molecule has 144 valence electrons. The van der Waals surface area contributed by atoms with Crippen LogP contribution >= 0.6 is 0 Å². The molecule has 27 heavy (non-hydrogen) atoms. The zero-order valence-corrected chi connectivity index (χ0v) is 15.4. The van der Waals surface area contributed by atoms with Crippen molar-refractivity contribution in [3.05, 3.63) is 52.6 Å². The number of hydrogen-bond acceptors (Lipinski definition) is 6. The molecule has 2 aromatic rings. The van der Waals surface area contributed by atoms with Crippen LogP contribution < -0.4 is 20.2 Å². The topological polar surface area (TPSA) is 81.0 Å². The van der Waals surface area contributed by atoms with Crippen LogP contribution in [-0.2, 0) is 11.3 Å². The van der Waals surface area contributed by atoms with E-state index in [1.165, 1.54) is 31.6 Å². The van der Waals surface area contributed by atoms with Crippen LogP contribution in [0.3, 0.4) is 0 Å². The lowest BCUT2D eigenvalue weighted by Crippen LogP contribution is -2.29. The van der Waals surface area contributed by atoms with Crippen molar-refractivity contribution in [2.75, 3.05) is 32.1 Å². The van der Waals surface area contributed by atoms with Gasteiger partial charge in [-0.3, -0.25) is 14.5 Å². The van der Waals surface area contributed by atoms with Gasteiger partial charge in [-0.2, -0.15) is 0 Å². The Morgan fingerprint density at radius 3 is 2.59 bits per heavy atom. The highest BCUT2D eigenvalue weighted by atomic mass is 16.5. The van der Waals surface area contributed by atoms with Gasteiger partial charge in [-0.05, 0) is 50.2 Å². The van der Waals surface area contributed by atoms with Crippen molar-refractivity contribution < 1.29 is 18.7 Å². The third-order valence-electron chi connectivity index (χ3n) is 4.41. The number of piperidine rings is 1. The maximum Gasteiger partial charge on any atom is 0.262 e. The summed E-state index contributed by atoms with van der Waals surface area (Å²) >= 11 is 0. The van der Waals surface area contributed by atoms with Crippen molar-refractivity contribution in [2.24, 2.45) is 0 Å². The molecule has 0 saturated carbocycles. The Hall–Kier alpha value is -2.80. The summed E-state index contributed by atoms with van der Waals surface area (Å²) in [7, 11) is 1.57. The minimum atomic E-state index is -0.364. The molecule has 1 fully saturated rings. The molecule has 7 heteroatoms. The Morgan fingerprint density at radius 2 is 1.93 bits per heavy atom. The highest BCUT2D eigenvalue weighted by Crippen LogP contribution is 2.16. The van der Waals surface area contributed by atoms with Crippen LogP contribution in [0.4, 0.5) is 5.69 Å². The van der Waals surface area contributed by atoms with E-state index < -0.39 is 0 Å². The molecule has 0 bridgehead atoms. The lowest BCUT2D eigenvalue weighted by Gasteiger charge is -2.25. The molecule has 1 N–H and O–H groups in total. The molecular weight excluding hydrogens is 348 g/mol. The van der Waals surface area contributed by atoms with Crippen molar-refractivity contribution in [3.8, 4) is 11.5 Å². The van der Waals surface area contributed by atoms with E-state index >= 15 is 0 Å². The summed E-state index contributed by atoms with van der Waals surface area (Å²) in [4.78, 5) is 26.4. The standard InChI is InChI=1S/C20H24N2O5/c1-25-16-7-5-15(6-8-16)21-20(24)14-27-19-13-26-17(11-18(19)23)12-22-9-3-2-4-10-22/h5-8,11,13H,2-4,9-10,12,14H2,1H3,(H,21,24). The Morgan fingerprint density at radius 1 is 1.19 bits per heavy atom. The summed E-state index contributed by atoms with van der Waals surface area (Å²) in [6.07, 6.45) is 4.89. The average Bonchev–Trinajstić information content (AvgIpc) is 2.69. The first kappa shape index (κ1) is 19.0. The van der Waals surface area contributed by atoms with Crippen LogP contribution in [-0.4, -0.2) is 37.6 Å². The first-order valence-corrected chi connectivity index (χ1v) is 9.05. The van der Waals surface area contributed by atoms with Gasteiger partial charge in [0, 0.05) is 11.8 Å².